The number of rotatable bonds is 4. The Morgan fingerprint density at radius 2 is 1.83 bits per heavy atom. The van der Waals surface area contributed by atoms with Crippen molar-refractivity contribution < 1.29 is 17.6 Å². The van der Waals surface area contributed by atoms with Gasteiger partial charge < -0.3 is 10.2 Å². The number of amidine groups is 1. The Morgan fingerprint density at radius 1 is 1.17 bits per heavy atom. The molecule has 0 spiro atoms. The number of sulfone groups is 1. The number of halogens is 1. The van der Waals surface area contributed by atoms with Gasteiger partial charge in [-0.2, -0.15) is 0 Å². The number of benzene rings is 2. The molecule has 0 aromatic heterocycles. The third kappa shape index (κ3) is 4.67. The van der Waals surface area contributed by atoms with Crippen LogP contribution in [0.2, 0.25) is 0 Å². The number of fused-ring (bicyclic) bond motifs is 1. The normalized spacial score (nSPS) is 21.8. The highest BCUT2D eigenvalue weighted by molar-refractivity contribution is 8.15. The van der Waals surface area contributed by atoms with Gasteiger partial charge in [-0.15, -0.1) is 0 Å². The van der Waals surface area contributed by atoms with Crippen molar-refractivity contribution in [2.24, 2.45) is 4.99 Å². The van der Waals surface area contributed by atoms with Crippen LogP contribution in [0.4, 0.5) is 15.8 Å². The van der Waals surface area contributed by atoms with Gasteiger partial charge in [-0.25, -0.2) is 12.8 Å². The van der Waals surface area contributed by atoms with E-state index in [1.807, 2.05) is 36.9 Å². The van der Waals surface area contributed by atoms with E-state index in [0.717, 1.165) is 16.8 Å². The smallest absolute Gasteiger partial charge is 0.244 e. The minimum absolute atomic E-state index is 0.0122. The number of aliphatic imine (C=N–C) groups is 1. The molecule has 1 fully saturated rings. The number of nitrogens with zero attached hydrogens (tertiary/aromatic N) is 2. The first-order valence-corrected chi connectivity index (χ1v) is 12.2. The molecule has 1 saturated heterocycles. The molecule has 2 atom stereocenters. The number of hydrogen-bond donors (Lipinski definition) is 1. The highest BCUT2D eigenvalue weighted by atomic mass is 32.2. The van der Waals surface area contributed by atoms with Crippen LogP contribution in [0.1, 0.15) is 11.1 Å². The number of hydrogen-bond acceptors (Lipinski definition) is 6. The SMILES string of the molecule is Cc1cc(C)cc(N(CC(=O)Nc2ccc(F)cc2)C2=N[C@@H]3CS(=O)(=O)C[C@H]3S2)c1. The van der Waals surface area contributed by atoms with E-state index in [1.165, 1.54) is 36.0 Å². The highest BCUT2D eigenvalue weighted by Gasteiger charge is 2.44. The average Bonchev–Trinajstić information content (AvgIpc) is 3.14. The van der Waals surface area contributed by atoms with Crippen molar-refractivity contribution >= 4 is 44.0 Å². The molecule has 0 aliphatic carbocycles. The van der Waals surface area contributed by atoms with Gasteiger partial charge in [0.05, 0.1) is 17.5 Å². The van der Waals surface area contributed by atoms with E-state index < -0.39 is 9.84 Å². The molecule has 0 radical (unpaired) electrons. The number of thioether (sulfide) groups is 1. The Bertz CT molecular complexity index is 1100. The number of aryl methyl sites for hydroxylation is 2. The predicted octanol–water partition coefficient (Wildman–Crippen LogP) is 3.16. The van der Waals surface area contributed by atoms with Crippen LogP contribution < -0.4 is 10.2 Å². The first-order valence-electron chi connectivity index (χ1n) is 9.55. The van der Waals surface area contributed by atoms with Gasteiger partial charge in [0.1, 0.15) is 12.4 Å². The van der Waals surface area contributed by atoms with Crippen LogP contribution in [0.5, 0.6) is 0 Å². The molecule has 0 unspecified atom stereocenters. The standard InChI is InChI=1S/C21H22FN3O3S2/c1-13-7-14(2)9-17(8-13)25(10-20(26)23-16-5-3-15(22)4-6-16)21-24-18-11-30(27,28)12-19(18)29-21/h3-9,18-19H,10-12H2,1-2H3,(H,23,26)/t18-,19-/m1/s1. The fraction of sp³-hybridized carbons (Fsp3) is 0.333. The van der Waals surface area contributed by atoms with Crippen molar-refractivity contribution in [2.45, 2.75) is 25.1 Å². The van der Waals surface area contributed by atoms with Crippen LogP contribution in [-0.4, -0.2) is 48.8 Å². The summed E-state index contributed by atoms with van der Waals surface area (Å²) in [5.41, 5.74) is 3.45. The summed E-state index contributed by atoms with van der Waals surface area (Å²) in [6.07, 6.45) is 0. The Kier molecular flexibility index (Phi) is 5.59. The van der Waals surface area contributed by atoms with Gasteiger partial charge >= 0.3 is 0 Å². The summed E-state index contributed by atoms with van der Waals surface area (Å²) >= 11 is 1.42. The Hall–Kier alpha value is -2.39. The highest BCUT2D eigenvalue weighted by Crippen LogP contribution is 2.37. The molecule has 1 N–H and O–H groups in total. The van der Waals surface area contributed by atoms with Crippen molar-refractivity contribution in [2.75, 3.05) is 28.3 Å². The monoisotopic (exact) mass is 447 g/mol. The van der Waals surface area contributed by atoms with Gasteiger partial charge in [-0.3, -0.25) is 9.79 Å². The average molecular weight is 448 g/mol. The quantitative estimate of drug-likeness (QED) is 0.779. The third-order valence-electron chi connectivity index (χ3n) is 4.98. The summed E-state index contributed by atoms with van der Waals surface area (Å²) in [5.74, 6) is -0.481. The predicted molar refractivity (Wildman–Crippen MR) is 120 cm³/mol. The largest absolute Gasteiger partial charge is 0.325 e. The lowest BCUT2D eigenvalue weighted by Crippen LogP contribution is -2.36. The maximum atomic E-state index is 13.1. The summed E-state index contributed by atoms with van der Waals surface area (Å²) in [6.45, 7) is 3.98. The zero-order valence-electron chi connectivity index (χ0n) is 16.6. The molecule has 2 aliphatic rings. The third-order valence-corrected chi connectivity index (χ3v) is 8.23. The summed E-state index contributed by atoms with van der Waals surface area (Å²) in [4.78, 5) is 19.2. The van der Waals surface area contributed by atoms with Gasteiger partial charge in [0.15, 0.2) is 15.0 Å². The summed E-state index contributed by atoms with van der Waals surface area (Å²) < 4.78 is 36.9. The molecule has 2 aromatic carbocycles. The second-order valence-corrected chi connectivity index (χ2v) is 11.1. The minimum Gasteiger partial charge on any atom is -0.325 e. The zero-order valence-corrected chi connectivity index (χ0v) is 18.3. The van der Waals surface area contributed by atoms with Crippen LogP contribution in [0.25, 0.3) is 0 Å². The second-order valence-electron chi connectivity index (χ2n) is 7.70. The van der Waals surface area contributed by atoms with E-state index in [9.17, 15) is 17.6 Å². The van der Waals surface area contributed by atoms with E-state index in [2.05, 4.69) is 10.3 Å². The van der Waals surface area contributed by atoms with Gasteiger partial charge in [0.2, 0.25) is 5.91 Å². The van der Waals surface area contributed by atoms with Crippen molar-refractivity contribution in [3.63, 3.8) is 0 Å². The number of amides is 1. The minimum atomic E-state index is -3.06. The van der Waals surface area contributed by atoms with E-state index in [-0.39, 0.29) is 41.1 Å². The Labute approximate surface area is 179 Å². The number of anilines is 2. The number of nitrogens with one attached hydrogen (secondary N) is 1. The van der Waals surface area contributed by atoms with Crippen molar-refractivity contribution in [3.8, 4) is 0 Å². The summed E-state index contributed by atoms with van der Waals surface area (Å²) in [5, 5.41) is 3.32. The maximum Gasteiger partial charge on any atom is 0.244 e. The molecule has 0 saturated carbocycles. The van der Waals surface area contributed by atoms with E-state index >= 15 is 0 Å². The van der Waals surface area contributed by atoms with Gasteiger partial charge in [-0.05, 0) is 61.4 Å². The zero-order chi connectivity index (χ0) is 21.5. The van der Waals surface area contributed by atoms with Crippen LogP contribution >= 0.6 is 11.8 Å². The molecule has 6 nitrogen and oxygen atoms in total. The van der Waals surface area contributed by atoms with E-state index in [0.29, 0.717) is 10.9 Å². The van der Waals surface area contributed by atoms with Crippen molar-refractivity contribution in [3.05, 3.63) is 59.4 Å². The molecule has 2 aliphatic heterocycles. The molecule has 9 heteroatoms. The first-order chi connectivity index (χ1) is 14.2. The lowest BCUT2D eigenvalue weighted by Gasteiger charge is -2.25. The van der Waals surface area contributed by atoms with Crippen LogP contribution in [-0.2, 0) is 14.6 Å². The first kappa shape index (κ1) is 20.9. The molecular weight excluding hydrogens is 425 g/mol. The van der Waals surface area contributed by atoms with E-state index in [1.54, 1.807) is 0 Å². The molecule has 2 aromatic rings. The molecule has 158 valence electrons. The lowest BCUT2D eigenvalue weighted by molar-refractivity contribution is -0.114. The van der Waals surface area contributed by atoms with Crippen LogP contribution in [0, 0.1) is 19.7 Å². The molecule has 0 bridgehead atoms. The Balaban J connectivity index is 1.59. The fourth-order valence-electron chi connectivity index (χ4n) is 3.72. The number of carbonyl (C=O) groups excluding carboxylic acids is 1. The molecule has 30 heavy (non-hydrogen) atoms. The van der Waals surface area contributed by atoms with Gasteiger partial charge in [0.25, 0.3) is 0 Å². The molecular formula is C21H22FN3O3S2. The topological polar surface area (TPSA) is 78.8 Å². The lowest BCUT2D eigenvalue weighted by atomic mass is 10.1. The van der Waals surface area contributed by atoms with E-state index in [4.69, 9.17) is 0 Å². The van der Waals surface area contributed by atoms with Crippen LogP contribution in [0.3, 0.4) is 0 Å². The van der Waals surface area contributed by atoms with Gasteiger partial charge in [-0.1, -0.05) is 17.8 Å². The molecule has 4 rings (SSSR count). The molecule has 1 amide bonds. The summed E-state index contributed by atoms with van der Waals surface area (Å²) in [7, 11) is -3.06. The number of carbonyl (C=O) groups is 1. The molecule has 2 heterocycles. The Morgan fingerprint density at radius 3 is 2.47 bits per heavy atom. The second kappa shape index (κ2) is 8.03. The van der Waals surface area contributed by atoms with Crippen molar-refractivity contribution in [1.82, 2.24) is 0 Å². The van der Waals surface area contributed by atoms with Crippen molar-refractivity contribution in [1.29, 1.82) is 0 Å². The summed E-state index contributed by atoms with van der Waals surface area (Å²) in [6, 6.07) is 11.3. The van der Waals surface area contributed by atoms with Crippen LogP contribution in [0.15, 0.2) is 47.5 Å². The van der Waals surface area contributed by atoms with Gasteiger partial charge in [0, 0.05) is 16.6 Å². The fourth-order valence-corrected chi connectivity index (χ4v) is 7.50. The maximum absolute atomic E-state index is 13.1.